The van der Waals surface area contributed by atoms with E-state index in [1.54, 1.807) is 18.2 Å². The minimum atomic E-state index is -0.595. The van der Waals surface area contributed by atoms with E-state index in [-0.39, 0.29) is 23.8 Å². The van der Waals surface area contributed by atoms with Crippen LogP contribution in [0, 0.1) is 11.7 Å². The number of halogens is 1. The monoisotopic (exact) mass is 305 g/mol. The fourth-order valence-electron chi connectivity index (χ4n) is 1.98. The van der Waals surface area contributed by atoms with Gasteiger partial charge in [-0.15, -0.1) is 0 Å². The van der Waals surface area contributed by atoms with Crippen molar-refractivity contribution in [3.8, 4) is 5.69 Å². The molecule has 2 rings (SSSR count). The molecule has 0 aliphatic carbocycles. The Labute approximate surface area is 128 Å². The first-order chi connectivity index (χ1) is 10.5. The molecule has 118 valence electrons. The average Bonchev–Trinajstić information content (AvgIpc) is 3.01. The van der Waals surface area contributed by atoms with Gasteiger partial charge in [-0.3, -0.25) is 4.79 Å². The Morgan fingerprint density at radius 3 is 2.82 bits per heavy atom. The third-order valence-corrected chi connectivity index (χ3v) is 3.69. The van der Waals surface area contributed by atoms with Gasteiger partial charge in [0.25, 0.3) is 5.91 Å². The minimum Gasteiger partial charge on any atom is -0.391 e. The van der Waals surface area contributed by atoms with Crippen LogP contribution in [-0.2, 0) is 0 Å². The maximum Gasteiger partial charge on any atom is 0.271 e. The van der Waals surface area contributed by atoms with E-state index in [0.717, 1.165) is 6.42 Å². The first-order valence-corrected chi connectivity index (χ1v) is 7.29. The van der Waals surface area contributed by atoms with E-state index in [4.69, 9.17) is 0 Å². The van der Waals surface area contributed by atoms with Crippen LogP contribution in [0.25, 0.3) is 5.69 Å². The van der Waals surface area contributed by atoms with Crippen molar-refractivity contribution in [1.29, 1.82) is 0 Å². The number of carbonyl (C=O) groups excluding carboxylic acids is 1. The SMILES string of the molecule is CCC(C)C(O)CNC(=O)c1ccn(-c2ccccc2F)n1. The molecule has 1 aromatic heterocycles. The molecule has 0 bridgehead atoms. The first-order valence-electron chi connectivity index (χ1n) is 7.29. The van der Waals surface area contributed by atoms with Gasteiger partial charge in [0.2, 0.25) is 0 Å². The van der Waals surface area contributed by atoms with E-state index in [1.807, 2.05) is 13.8 Å². The third kappa shape index (κ3) is 3.71. The smallest absolute Gasteiger partial charge is 0.271 e. The lowest BCUT2D eigenvalue weighted by atomic mass is 10.0. The van der Waals surface area contributed by atoms with Crippen molar-refractivity contribution in [1.82, 2.24) is 15.1 Å². The number of nitrogens with zero attached hydrogens (tertiary/aromatic N) is 2. The Bertz CT molecular complexity index is 642. The molecule has 0 spiro atoms. The van der Waals surface area contributed by atoms with Crippen LogP contribution in [0.5, 0.6) is 0 Å². The highest BCUT2D eigenvalue weighted by Gasteiger charge is 2.16. The second-order valence-electron chi connectivity index (χ2n) is 5.26. The van der Waals surface area contributed by atoms with Crippen molar-refractivity contribution in [3.63, 3.8) is 0 Å². The zero-order valence-electron chi connectivity index (χ0n) is 12.7. The zero-order chi connectivity index (χ0) is 16.1. The standard InChI is InChI=1S/C16H20FN3O2/c1-3-11(2)15(21)10-18-16(22)13-8-9-20(19-13)14-7-5-4-6-12(14)17/h4-9,11,15,21H,3,10H2,1-2H3,(H,18,22). The molecule has 2 N–H and O–H groups in total. The minimum absolute atomic E-state index is 0.108. The van der Waals surface area contributed by atoms with Crippen molar-refractivity contribution in [2.24, 2.45) is 5.92 Å². The molecule has 5 nitrogen and oxygen atoms in total. The molecule has 0 saturated carbocycles. The number of aromatic nitrogens is 2. The number of aliphatic hydroxyl groups excluding tert-OH is 1. The molecule has 2 unspecified atom stereocenters. The highest BCUT2D eigenvalue weighted by molar-refractivity contribution is 5.92. The number of nitrogens with one attached hydrogen (secondary N) is 1. The van der Waals surface area contributed by atoms with Crippen molar-refractivity contribution in [2.75, 3.05) is 6.54 Å². The topological polar surface area (TPSA) is 67.2 Å². The lowest BCUT2D eigenvalue weighted by molar-refractivity contribution is 0.0845. The van der Waals surface area contributed by atoms with Gasteiger partial charge in [0.05, 0.1) is 6.10 Å². The number of hydrogen-bond donors (Lipinski definition) is 2. The summed E-state index contributed by atoms with van der Waals surface area (Å²) < 4.78 is 15.0. The highest BCUT2D eigenvalue weighted by Crippen LogP contribution is 2.12. The first kappa shape index (κ1) is 16.2. The average molecular weight is 305 g/mol. The Morgan fingerprint density at radius 1 is 1.41 bits per heavy atom. The fraction of sp³-hybridized carbons (Fsp3) is 0.375. The van der Waals surface area contributed by atoms with Gasteiger partial charge in [-0.2, -0.15) is 5.10 Å². The summed E-state index contributed by atoms with van der Waals surface area (Å²) in [6.07, 6.45) is 1.76. The van der Waals surface area contributed by atoms with Crippen LogP contribution < -0.4 is 5.32 Å². The van der Waals surface area contributed by atoms with Gasteiger partial charge in [0.1, 0.15) is 11.5 Å². The summed E-state index contributed by atoms with van der Waals surface area (Å²) in [6.45, 7) is 4.07. The Morgan fingerprint density at radius 2 is 2.14 bits per heavy atom. The molecule has 0 saturated heterocycles. The summed E-state index contributed by atoms with van der Waals surface area (Å²) in [4.78, 5) is 12.0. The van der Waals surface area contributed by atoms with Crippen molar-refractivity contribution < 1.29 is 14.3 Å². The molecule has 1 aromatic carbocycles. The molecule has 0 radical (unpaired) electrons. The van der Waals surface area contributed by atoms with Gasteiger partial charge in [-0.25, -0.2) is 9.07 Å². The van der Waals surface area contributed by atoms with Crippen LogP contribution >= 0.6 is 0 Å². The van der Waals surface area contributed by atoms with Crippen LogP contribution in [0.1, 0.15) is 30.8 Å². The summed E-state index contributed by atoms with van der Waals surface area (Å²) in [5.74, 6) is -0.696. The zero-order valence-corrected chi connectivity index (χ0v) is 12.7. The van der Waals surface area contributed by atoms with Crippen LogP contribution in [0.4, 0.5) is 4.39 Å². The predicted octanol–water partition coefficient (Wildman–Crippen LogP) is 2.15. The fourth-order valence-corrected chi connectivity index (χ4v) is 1.98. The Kier molecular flexibility index (Phi) is 5.27. The van der Waals surface area contributed by atoms with Crippen LogP contribution in [-0.4, -0.2) is 33.4 Å². The largest absolute Gasteiger partial charge is 0.391 e. The third-order valence-electron chi connectivity index (χ3n) is 3.69. The molecule has 6 heteroatoms. The second-order valence-corrected chi connectivity index (χ2v) is 5.26. The summed E-state index contributed by atoms with van der Waals surface area (Å²) in [6, 6.07) is 7.71. The summed E-state index contributed by atoms with van der Waals surface area (Å²) in [7, 11) is 0. The molecule has 22 heavy (non-hydrogen) atoms. The van der Waals surface area contributed by atoms with Gasteiger partial charge in [0.15, 0.2) is 5.69 Å². The van der Waals surface area contributed by atoms with E-state index in [1.165, 1.54) is 23.0 Å². The molecule has 0 aliphatic rings. The molecule has 1 amide bonds. The van der Waals surface area contributed by atoms with Gasteiger partial charge in [-0.05, 0) is 24.1 Å². The predicted molar refractivity (Wildman–Crippen MR) is 81.3 cm³/mol. The lowest BCUT2D eigenvalue weighted by Gasteiger charge is -2.17. The van der Waals surface area contributed by atoms with E-state index < -0.39 is 17.8 Å². The maximum atomic E-state index is 13.7. The van der Waals surface area contributed by atoms with E-state index in [0.29, 0.717) is 0 Å². The molecule has 0 aliphatic heterocycles. The van der Waals surface area contributed by atoms with Crippen LogP contribution in [0.2, 0.25) is 0 Å². The normalized spacial score (nSPS) is 13.6. The van der Waals surface area contributed by atoms with Gasteiger partial charge < -0.3 is 10.4 Å². The molecule has 0 fully saturated rings. The summed E-state index contributed by atoms with van der Waals surface area (Å²) in [5, 5.41) is 16.5. The molecule has 2 aromatic rings. The van der Waals surface area contributed by atoms with E-state index >= 15 is 0 Å². The summed E-state index contributed by atoms with van der Waals surface area (Å²) >= 11 is 0. The number of amides is 1. The highest BCUT2D eigenvalue weighted by atomic mass is 19.1. The number of rotatable bonds is 6. The molecular weight excluding hydrogens is 285 g/mol. The molecule has 1 heterocycles. The summed E-state index contributed by atoms with van der Waals surface area (Å²) in [5.41, 5.74) is 0.459. The van der Waals surface area contributed by atoms with E-state index in [9.17, 15) is 14.3 Å². The van der Waals surface area contributed by atoms with Gasteiger partial charge in [-0.1, -0.05) is 32.4 Å². The number of hydrogen-bond acceptors (Lipinski definition) is 3. The second kappa shape index (κ2) is 7.17. The Balaban J connectivity index is 2.02. The Hall–Kier alpha value is -2.21. The lowest BCUT2D eigenvalue weighted by Crippen LogP contribution is -2.35. The van der Waals surface area contributed by atoms with Gasteiger partial charge >= 0.3 is 0 Å². The quantitative estimate of drug-likeness (QED) is 0.859. The number of aliphatic hydroxyl groups is 1. The van der Waals surface area contributed by atoms with Crippen LogP contribution in [0.3, 0.4) is 0 Å². The molecular formula is C16H20FN3O2. The number of benzene rings is 1. The van der Waals surface area contributed by atoms with Crippen molar-refractivity contribution in [3.05, 3.63) is 48.0 Å². The van der Waals surface area contributed by atoms with Gasteiger partial charge in [0, 0.05) is 12.7 Å². The molecule has 2 atom stereocenters. The van der Waals surface area contributed by atoms with Crippen molar-refractivity contribution >= 4 is 5.91 Å². The number of carbonyl (C=O) groups is 1. The van der Waals surface area contributed by atoms with Crippen LogP contribution in [0.15, 0.2) is 36.5 Å². The number of para-hydroxylation sites is 1. The van der Waals surface area contributed by atoms with E-state index in [2.05, 4.69) is 10.4 Å². The maximum absolute atomic E-state index is 13.7. The van der Waals surface area contributed by atoms with Crippen molar-refractivity contribution in [2.45, 2.75) is 26.4 Å².